The van der Waals surface area contributed by atoms with Crippen molar-refractivity contribution in [3.05, 3.63) is 0 Å². The third-order valence-electron chi connectivity index (χ3n) is 2.31. The fourth-order valence-electron chi connectivity index (χ4n) is 1.36. The summed E-state index contributed by atoms with van der Waals surface area (Å²) < 4.78 is 0. The van der Waals surface area contributed by atoms with Crippen LogP contribution in [0.3, 0.4) is 0 Å². The molecule has 0 bridgehead atoms. The molecule has 12 heavy (non-hydrogen) atoms. The standard InChI is InChI=1S/C10H20O2/c1-4-5-6-9(8(2)3)7-10(11)12/h8-9H,4-7H2,1-3H3,(H,11,12). The van der Waals surface area contributed by atoms with Crippen LogP contribution in [0.2, 0.25) is 0 Å². The van der Waals surface area contributed by atoms with E-state index < -0.39 is 5.97 Å². The van der Waals surface area contributed by atoms with Crippen LogP contribution < -0.4 is 0 Å². The molecule has 0 aliphatic heterocycles. The van der Waals surface area contributed by atoms with Crippen LogP contribution in [-0.4, -0.2) is 11.1 Å². The highest BCUT2D eigenvalue weighted by Crippen LogP contribution is 2.21. The SMILES string of the molecule is CCCCC(CC(=O)O)C(C)C. The van der Waals surface area contributed by atoms with Gasteiger partial charge in [0.2, 0.25) is 0 Å². The Morgan fingerprint density at radius 2 is 2.00 bits per heavy atom. The number of rotatable bonds is 6. The lowest BCUT2D eigenvalue weighted by molar-refractivity contribution is -0.138. The Hall–Kier alpha value is -0.530. The van der Waals surface area contributed by atoms with E-state index in [2.05, 4.69) is 20.8 Å². The van der Waals surface area contributed by atoms with E-state index in [4.69, 9.17) is 5.11 Å². The first-order valence-electron chi connectivity index (χ1n) is 4.79. The van der Waals surface area contributed by atoms with Crippen LogP contribution in [0, 0.1) is 11.8 Å². The summed E-state index contributed by atoms with van der Waals surface area (Å²) in [6.45, 7) is 6.34. The van der Waals surface area contributed by atoms with Crippen LogP contribution in [0.4, 0.5) is 0 Å². The molecule has 0 aliphatic carbocycles. The lowest BCUT2D eigenvalue weighted by atomic mass is 9.88. The molecule has 0 fully saturated rings. The summed E-state index contributed by atoms with van der Waals surface area (Å²) in [5.74, 6) is 0.194. The molecular weight excluding hydrogens is 152 g/mol. The summed E-state index contributed by atoms with van der Waals surface area (Å²) in [7, 11) is 0. The van der Waals surface area contributed by atoms with Crippen molar-refractivity contribution in [3.63, 3.8) is 0 Å². The molecule has 0 aromatic carbocycles. The molecule has 2 heteroatoms. The summed E-state index contributed by atoms with van der Waals surface area (Å²) >= 11 is 0. The van der Waals surface area contributed by atoms with Gasteiger partial charge in [0.1, 0.15) is 0 Å². The van der Waals surface area contributed by atoms with E-state index in [1.807, 2.05) is 0 Å². The fourth-order valence-corrected chi connectivity index (χ4v) is 1.36. The van der Waals surface area contributed by atoms with Gasteiger partial charge in [-0.05, 0) is 18.3 Å². The van der Waals surface area contributed by atoms with Gasteiger partial charge >= 0.3 is 5.97 Å². The molecule has 1 N–H and O–H groups in total. The average molecular weight is 172 g/mol. The average Bonchev–Trinajstić information content (AvgIpc) is 1.96. The van der Waals surface area contributed by atoms with Crippen molar-refractivity contribution in [3.8, 4) is 0 Å². The minimum atomic E-state index is -0.662. The number of carboxylic acid groups (broad SMARTS) is 1. The smallest absolute Gasteiger partial charge is 0.303 e. The normalized spacial score (nSPS) is 13.3. The zero-order valence-electron chi connectivity index (χ0n) is 8.34. The lowest BCUT2D eigenvalue weighted by Crippen LogP contribution is -2.13. The topological polar surface area (TPSA) is 37.3 Å². The van der Waals surface area contributed by atoms with Gasteiger partial charge in [-0.25, -0.2) is 0 Å². The predicted octanol–water partition coefficient (Wildman–Crippen LogP) is 2.92. The third-order valence-corrected chi connectivity index (χ3v) is 2.31. The van der Waals surface area contributed by atoms with E-state index >= 15 is 0 Å². The highest BCUT2D eigenvalue weighted by molar-refractivity contribution is 5.67. The maximum atomic E-state index is 10.5. The molecule has 0 rings (SSSR count). The Balaban J connectivity index is 3.78. The van der Waals surface area contributed by atoms with Crippen molar-refractivity contribution >= 4 is 5.97 Å². The van der Waals surface area contributed by atoms with E-state index in [-0.39, 0.29) is 0 Å². The van der Waals surface area contributed by atoms with E-state index in [9.17, 15) is 4.79 Å². The van der Waals surface area contributed by atoms with Crippen molar-refractivity contribution in [2.75, 3.05) is 0 Å². The van der Waals surface area contributed by atoms with Gasteiger partial charge in [0.25, 0.3) is 0 Å². The summed E-state index contributed by atoms with van der Waals surface area (Å²) in [6.07, 6.45) is 3.69. The maximum Gasteiger partial charge on any atom is 0.303 e. The summed E-state index contributed by atoms with van der Waals surface area (Å²) in [6, 6.07) is 0. The van der Waals surface area contributed by atoms with E-state index in [0.717, 1.165) is 19.3 Å². The van der Waals surface area contributed by atoms with E-state index in [1.165, 1.54) is 0 Å². The zero-order valence-corrected chi connectivity index (χ0v) is 8.34. The van der Waals surface area contributed by atoms with Crippen LogP contribution in [0.15, 0.2) is 0 Å². The van der Waals surface area contributed by atoms with Gasteiger partial charge in [0, 0.05) is 6.42 Å². The molecule has 0 spiro atoms. The van der Waals surface area contributed by atoms with Crippen LogP contribution in [0.5, 0.6) is 0 Å². The first-order valence-corrected chi connectivity index (χ1v) is 4.79. The number of unbranched alkanes of at least 4 members (excludes halogenated alkanes) is 1. The Morgan fingerprint density at radius 1 is 1.42 bits per heavy atom. The van der Waals surface area contributed by atoms with Gasteiger partial charge in [-0.3, -0.25) is 4.79 Å². The highest BCUT2D eigenvalue weighted by Gasteiger charge is 2.15. The van der Waals surface area contributed by atoms with Crippen molar-refractivity contribution in [2.24, 2.45) is 11.8 Å². The summed E-state index contributed by atoms with van der Waals surface area (Å²) in [4.78, 5) is 10.5. The molecule has 0 aromatic rings. The molecule has 72 valence electrons. The molecule has 1 atom stereocenters. The van der Waals surface area contributed by atoms with Crippen LogP contribution in [0.25, 0.3) is 0 Å². The summed E-state index contributed by atoms with van der Waals surface area (Å²) in [5.41, 5.74) is 0. The summed E-state index contributed by atoms with van der Waals surface area (Å²) in [5, 5.41) is 8.63. The van der Waals surface area contributed by atoms with Gasteiger partial charge in [0.05, 0.1) is 0 Å². The number of aliphatic carboxylic acids is 1. The number of carbonyl (C=O) groups is 1. The highest BCUT2D eigenvalue weighted by atomic mass is 16.4. The molecule has 0 aliphatic rings. The first-order chi connectivity index (χ1) is 5.57. The maximum absolute atomic E-state index is 10.5. The Labute approximate surface area is 75.0 Å². The van der Waals surface area contributed by atoms with Crippen molar-refractivity contribution in [1.29, 1.82) is 0 Å². The first kappa shape index (κ1) is 11.5. The Bertz CT molecular complexity index is 130. The van der Waals surface area contributed by atoms with Crippen molar-refractivity contribution in [2.45, 2.75) is 46.5 Å². The van der Waals surface area contributed by atoms with Crippen molar-refractivity contribution < 1.29 is 9.90 Å². The fraction of sp³-hybridized carbons (Fsp3) is 0.900. The molecular formula is C10H20O2. The molecule has 0 heterocycles. The number of hydrogen-bond acceptors (Lipinski definition) is 1. The molecule has 0 saturated heterocycles. The van der Waals surface area contributed by atoms with E-state index in [0.29, 0.717) is 18.3 Å². The Morgan fingerprint density at radius 3 is 2.33 bits per heavy atom. The zero-order chi connectivity index (χ0) is 9.56. The van der Waals surface area contributed by atoms with Crippen LogP contribution in [-0.2, 0) is 4.79 Å². The van der Waals surface area contributed by atoms with Crippen LogP contribution >= 0.6 is 0 Å². The van der Waals surface area contributed by atoms with Crippen LogP contribution in [0.1, 0.15) is 46.5 Å². The molecule has 0 saturated carbocycles. The van der Waals surface area contributed by atoms with E-state index in [1.54, 1.807) is 0 Å². The van der Waals surface area contributed by atoms with Gasteiger partial charge in [-0.15, -0.1) is 0 Å². The predicted molar refractivity (Wildman–Crippen MR) is 50.1 cm³/mol. The monoisotopic (exact) mass is 172 g/mol. The molecule has 0 radical (unpaired) electrons. The molecule has 2 nitrogen and oxygen atoms in total. The molecule has 1 unspecified atom stereocenters. The lowest BCUT2D eigenvalue weighted by Gasteiger charge is -2.17. The van der Waals surface area contributed by atoms with Crippen molar-refractivity contribution in [1.82, 2.24) is 0 Å². The van der Waals surface area contributed by atoms with Gasteiger partial charge in [0.15, 0.2) is 0 Å². The molecule has 0 aromatic heterocycles. The quantitative estimate of drug-likeness (QED) is 0.668. The third kappa shape index (κ3) is 5.16. The van der Waals surface area contributed by atoms with Gasteiger partial charge in [-0.2, -0.15) is 0 Å². The number of carboxylic acids is 1. The second-order valence-electron chi connectivity index (χ2n) is 3.74. The second-order valence-corrected chi connectivity index (χ2v) is 3.74. The van der Waals surface area contributed by atoms with Gasteiger partial charge in [-0.1, -0.05) is 33.6 Å². The minimum Gasteiger partial charge on any atom is -0.481 e. The number of hydrogen-bond donors (Lipinski definition) is 1. The molecule has 0 amide bonds. The second kappa shape index (κ2) is 6.04. The minimum absolute atomic E-state index is 0.331. The van der Waals surface area contributed by atoms with Gasteiger partial charge < -0.3 is 5.11 Å². The Kier molecular flexibility index (Phi) is 5.77. The largest absolute Gasteiger partial charge is 0.481 e.